The van der Waals surface area contributed by atoms with E-state index >= 15 is 0 Å². The Kier molecular flexibility index (Phi) is 24.6. The predicted octanol–water partition coefficient (Wildman–Crippen LogP) is 14.7. The zero-order valence-corrected chi connectivity index (χ0v) is 66.7. The number of nitrogens with one attached hydrogen (secondary N) is 1. The monoisotopic (exact) mass is 1540 g/mol. The van der Waals surface area contributed by atoms with Crippen molar-refractivity contribution in [2.24, 2.45) is 0 Å². The third-order valence-corrected chi connectivity index (χ3v) is 21.0. The lowest BCUT2D eigenvalue weighted by Crippen LogP contribution is -2.70. The highest BCUT2D eigenvalue weighted by molar-refractivity contribution is 6.51. The van der Waals surface area contributed by atoms with Gasteiger partial charge in [-0.25, -0.2) is 9.59 Å². The van der Waals surface area contributed by atoms with Gasteiger partial charge in [-0.3, -0.25) is 43.4 Å². The number of esters is 3. The van der Waals surface area contributed by atoms with Gasteiger partial charge in [-0.1, -0.05) is 68.3 Å². The topological polar surface area (TPSA) is 282 Å². The summed E-state index contributed by atoms with van der Waals surface area (Å²) in [6, 6.07) is 34.3. The number of methoxy groups -OCH3 is 4. The van der Waals surface area contributed by atoms with Crippen LogP contribution in [0.1, 0.15) is 127 Å². The minimum absolute atomic E-state index is 0.105. The first-order chi connectivity index (χ1) is 53.5. The third kappa shape index (κ3) is 16.4. The Bertz CT molecular complexity index is 5250. The molecule has 8 aromatic carbocycles. The van der Waals surface area contributed by atoms with E-state index in [1.807, 2.05) is 112 Å². The molecule has 2 N–H and O–H groups in total. The fourth-order valence-corrected chi connectivity index (χ4v) is 14.1. The van der Waals surface area contributed by atoms with Crippen LogP contribution in [0.4, 0.5) is 27.5 Å². The number of phenolic OH excluding ortho intramolecular Hbond substituents is 1. The molecule has 4 amide bonds. The van der Waals surface area contributed by atoms with Gasteiger partial charge in [0.1, 0.15) is 70.7 Å². The number of ketones is 1. The lowest BCUT2D eigenvalue weighted by Gasteiger charge is -2.51. The number of hydrogen-bond donors (Lipinski definition) is 2. The number of β-lactam (4-membered cyclic amide) rings is 3. The first kappa shape index (κ1) is 82.5. The third-order valence-electron chi connectivity index (χ3n) is 21.0. The fourth-order valence-electron chi connectivity index (χ4n) is 14.1. The number of carbonyl (C=O) groups excluding carboxylic acids is 9. The van der Waals surface area contributed by atoms with E-state index in [-0.39, 0.29) is 24.5 Å². The van der Waals surface area contributed by atoms with E-state index in [1.165, 1.54) is 29.9 Å². The Morgan fingerprint density at radius 3 is 1.35 bits per heavy atom. The zero-order valence-electron chi connectivity index (χ0n) is 66.7. The molecule has 5 heterocycles. The molecule has 5 aliphatic rings. The van der Waals surface area contributed by atoms with Crippen molar-refractivity contribution >= 4 is 76.2 Å². The van der Waals surface area contributed by atoms with E-state index in [4.69, 9.17) is 42.6 Å². The van der Waals surface area contributed by atoms with Gasteiger partial charge in [0.15, 0.2) is 0 Å². The second-order valence-electron chi connectivity index (χ2n) is 28.4. The molecule has 13 rings (SSSR count). The van der Waals surface area contributed by atoms with Crippen LogP contribution in [0.2, 0.25) is 0 Å². The number of ether oxygens (including phenoxy) is 9. The van der Waals surface area contributed by atoms with Gasteiger partial charge < -0.3 is 62.9 Å². The lowest BCUT2D eigenvalue weighted by atomic mass is 9.77. The Morgan fingerprint density at radius 1 is 0.487 bits per heavy atom. The summed E-state index contributed by atoms with van der Waals surface area (Å²) in [6.07, 6.45) is 1.32. The number of phenols is 1. The van der Waals surface area contributed by atoms with Crippen LogP contribution in [0.5, 0.6) is 46.0 Å². The molecule has 24 nitrogen and oxygen atoms in total. The maximum absolute atomic E-state index is 13.3. The summed E-state index contributed by atoms with van der Waals surface area (Å²) in [4.78, 5) is 116. The highest BCUT2D eigenvalue weighted by Gasteiger charge is 2.69. The summed E-state index contributed by atoms with van der Waals surface area (Å²) in [5, 5.41) is 12.7. The molecule has 0 saturated carbocycles. The van der Waals surface area contributed by atoms with Crippen LogP contribution in [0.3, 0.4) is 0 Å². The van der Waals surface area contributed by atoms with Gasteiger partial charge in [0, 0.05) is 73.5 Å². The predicted molar refractivity (Wildman–Crippen MR) is 427 cm³/mol. The van der Waals surface area contributed by atoms with Gasteiger partial charge in [0.05, 0.1) is 40.5 Å². The van der Waals surface area contributed by atoms with Crippen LogP contribution in [0.25, 0.3) is 0 Å². The highest BCUT2D eigenvalue weighted by atomic mass is 16.8. The molecule has 0 bridgehead atoms. The molecule has 0 radical (unpaired) electrons. The van der Waals surface area contributed by atoms with E-state index in [0.29, 0.717) is 74.0 Å². The number of aryl methyl sites for hydroxylation is 8. The van der Waals surface area contributed by atoms with E-state index in [2.05, 4.69) is 62.0 Å². The molecule has 588 valence electrons. The van der Waals surface area contributed by atoms with Crippen molar-refractivity contribution in [3.63, 3.8) is 0 Å². The number of amides is 4. The van der Waals surface area contributed by atoms with Crippen molar-refractivity contribution in [1.29, 1.82) is 0 Å². The molecular formula is C89H93N5O19. The minimum atomic E-state index is -1.47. The molecule has 0 aromatic heterocycles. The summed E-state index contributed by atoms with van der Waals surface area (Å²) in [5.41, 5.74) is 17.0. The molecule has 6 atom stereocenters. The number of nitrogens with zero attached hydrogens (tertiary/aromatic N) is 4. The van der Waals surface area contributed by atoms with Crippen molar-refractivity contribution in [2.75, 3.05) is 61.2 Å². The summed E-state index contributed by atoms with van der Waals surface area (Å²) in [5.74, 6) is 0.676. The molecule has 0 unspecified atom stereocenters. The van der Waals surface area contributed by atoms with Crippen LogP contribution in [0.15, 0.2) is 159 Å². The van der Waals surface area contributed by atoms with Crippen molar-refractivity contribution in [3.05, 3.63) is 248 Å². The van der Waals surface area contributed by atoms with Gasteiger partial charge in [0.2, 0.25) is 11.7 Å². The number of Topliss-reactive ketones (excluding diaryl/α,β-unsaturated/α-hetero) is 1. The van der Waals surface area contributed by atoms with Gasteiger partial charge in [-0.15, -0.1) is 0 Å². The Hall–Kier alpha value is -13.0. The molecule has 5 aliphatic heterocycles. The number of carbonyl (C=O) groups is 9. The first-order valence-electron chi connectivity index (χ1n) is 36.3. The lowest BCUT2D eigenvalue weighted by molar-refractivity contribution is -0.149. The van der Waals surface area contributed by atoms with Gasteiger partial charge in [0.25, 0.3) is 23.3 Å². The Morgan fingerprint density at radius 2 is 0.903 bits per heavy atom. The molecule has 1 spiro atoms. The molecule has 24 heteroatoms. The Labute approximate surface area is 657 Å². The van der Waals surface area contributed by atoms with E-state index in [0.717, 1.165) is 96.9 Å². The molecule has 5 fully saturated rings. The quantitative estimate of drug-likeness (QED) is 0.0202. The molecular weight excluding hydrogens is 1440 g/mol. The highest BCUT2D eigenvalue weighted by Crippen LogP contribution is 2.53. The Balaban J connectivity index is 0.000000161. The van der Waals surface area contributed by atoms with E-state index in [9.17, 15) is 48.3 Å². The van der Waals surface area contributed by atoms with Crippen molar-refractivity contribution in [2.45, 2.75) is 133 Å². The van der Waals surface area contributed by atoms with E-state index in [1.54, 1.807) is 98.9 Å². The molecule has 0 aliphatic carbocycles. The van der Waals surface area contributed by atoms with Crippen molar-refractivity contribution < 1.29 is 90.9 Å². The molecule has 8 aromatic rings. The normalized spacial score (nSPS) is 18.3. The number of anilines is 4. The van der Waals surface area contributed by atoms with Gasteiger partial charge in [-0.2, -0.15) is 0 Å². The molecule has 5 saturated heterocycles. The average molecular weight is 1540 g/mol. The maximum atomic E-state index is 13.3. The first-order valence-corrected chi connectivity index (χ1v) is 36.3. The number of benzene rings is 8. The summed E-state index contributed by atoms with van der Waals surface area (Å²) >= 11 is 0. The van der Waals surface area contributed by atoms with Crippen LogP contribution in [0, 0.1) is 83.1 Å². The standard InChI is InChI=1S/C25H26N2O5.C23H23NO7.C21H21NO5.C20H23NO2/c1-7-21(28)26-23-24(17-10-9-14(3)19(12-17)32-22(29)8-2)27(25(23)30)18-11-15(4)16(5)20(13-18)31-6;1-12-6-7-16(9-18(12)30-15(4)25)20-23(11-29-22(27)31-23)21(26)24(20)17-8-13(2)14(3)19(10-17)28-5;1-11-6-7-15(9-17(11)27-14(4)23)19-20(24)21(25)22(19)16-8-12(2)13(3)18(10-16)26-5;1-12-6-7-16(9-18(12)22)20-14(3)11-21(20)17-8-13(2)15(4)19(10-17)23-5/h7-13,23-24H,1-2H2,3-6H3,(H,26,28);6-10,20H,11H2,1-5H3;6-10,19H,1-5H3;6-10,20,22H,3,11H2,1-2,4-5H3/t23-,24-;20-,23-;19-;20-/m0001/s1. The van der Waals surface area contributed by atoms with Crippen LogP contribution in [-0.4, -0.2) is 112 Å². The van der Waals surface area contributed by atoms with Gasteiger partial charge in [-0.05, 0) is 232 Å². The number of rotatable bonds is 18. The van der Waals surface area contributed by atoms with Crippen LogP contribution >= 0.6 is 0 Å². The smallest absolute Gasteiger partial charge is 0.508 e. The SMILES string of the molecule is C=C1CN(c2cc(C)c(C)c(OC)c2)[C@H]1c1ccc(C)c(O)c1.C=CC(=O)N[C@@H]1C(=O)N(c2cc(C)c(C)c(OC)c2)[C@H]1c1ccc(C)c(OC(=O)C=C)c1.COc1cc(N2C(=O)C(=O)[C@@H]2c2ccc(C)c(OC(C)=O)c2)cc(C)c1C.COc1cc(N2C(=O)[C@]3(COC(=O)O3)[C@@H]2c2ccc(C)c(OC(C)=O)c2)cc(C)c1C. The second-order valence-corrected chi connectivity index (χ2v) is 28.4. The van der Waals surface area contributed by atoms with Crippen LogP contribution < -0.4 is 58.1 Å². The van der Waals surface area contributed by atoms with Gasteiger partial charge >= 0.3 is 24.1 Å². The van der Waals surface area contributed by atoms with Crippen molar-refractivity contribution in [3.8, 4) is 46.0 Å². The zero-order chi connectivity index (χ0) is 82.7. The number of aromatic hydroxyl groups is 1. The summed E-state index contributed by atoms with van der Waals surface area (Å²) in [7, 11) is 6.42. The number of cyclic esters (lactones) is 1. The summed E-state index contributed by atoms with van der Waals surface area (Å²) < 4.78 is 48.1. The van der Waals surface area contributed by atoms with E-state index < -0.39 is 71.4 Å². The minimum Gasteiger partial charge on any atom is -0.508 e. The largest absolute Gasteiger partial charge is 0.509 e. The maximum Gasteiger partial charge on any atom is 0.509 e. The summed E-state index contributed by atoms with van der Waals surface area (Å²) in [6.45, 7) is 37.4. The number of hydrogen-bond acceptors (Lipinski definition) is 20. The second kappa shape index (κ2) is 33.7. The van der Waals surface area contributed by atoms with Crippen LogP contribution in [-0.2, 0) is 47.8 Å². The van der Waals surface area contributed by atoms with Crippen molar-refractivity contribution in [1.82, 2.24) is 5.32 Å². The fraction of sp³-hybridized carbons (Fsp3) is 0.292. The molecule has 113 heavy (non-hydrogen) atoms. The average Bonchev–Trinajstić information content (AvgIpc) is 1.66.